The first kappa shape index (κ1) is 13.1. The van der Waals surface area contributed by atoms with Gasteiger partial charge in [0.05, 0.1) is 6.10 Å². The maximum Gasteiger partial charge on any atom is 0.358 e. The van der Waals surface area contributed by atoms with Gasteiger partial charge in [0.15, 0.2) is 5.69 Å². The number of hydrogen-bond donors (Lipinski definition) is 1. The van der Waals surface area contributed by atoms with Crippen molar-refractivity contribution in [1.29, 1.82) is 0 Å². The van der Waals surface area contributed by atoms with E-state index in [4.69, 9.17) is 9.47 Å². The molecule has 0 aliphatic carbocycles. The van der Waals surface area contributed by atoms with E-state index in [1.807, 2.05) is 0 Å². The minimum Gasteiger partial charge on any atom is -0.458 e. The fourth-order valence-corrected chi connectivity index (χ4v) is 2.03. The Morgan fingerprint density at radius 2 is 2.50 bits per heavy atom. The predicted octanol–water partition coefficient (Wildman–Crippen LogP) is 1.94. The van der Waals surface area contributed by atoms with E-state index in [9.17, 15) is 4.79 Å². The molecule has 100 valence electrons. The van der Waals surface area contributed by atoms with Gasteiger partial charge >= 0.3 is 5.97 Å². The van der Waals surface area contributed by atoms with Gasteiger partial charge in [-0.3, -0.25) is 5.10 Å². The molecule has 5 heteroatoms. The highest BCUT2D eigenvalue weighted by molar-refractivity contribution is 5.87. The first-order chi connectivity index (χ1) is 8.65. The van der Waals surface area contributed by atoms with E-state index >= 15 is 0 Å². The van der Waals surface area contributed by atoms with Crippen molar-refractivity contribution < 1.29 is 14.3 Å². The van der Waals surface area contributed by atoms with E-state index in [0.717, 1.165) is 31.6 Å². The number of carbonyl (C=O) groups is 1. The molecule has 1 atom stereocenters. The molecular weight excluding hydrogens is 232 g/mol. The summed E-state index contributed by atoms with van der Waals surface area (Å²) in [4.78, 5) is 11.7. The molecule has 1 aromatic heterocycles. The molecule has 18 heavy (non-hydrogen) atoms. The molecule has 0 saturated carbocycles. The molecule has 0 radical (unpaired) electrons. The Labute approximate surface area is 107 Å². The standard InChI is InChI=1S/C13H20N2O3/c1-9(2)6-10-7-12(15-14-10)13(16)18-8-11-4-3-5-17-11/h7,9,11H,3-6,8H2,1-2H3,(H,14,15)/t11-/m1/s1. The third-order valence-corrected chi connectivity index (χ3v) is 2.89. The lowest BCUT2D eigenvalue weighted by atomic mass is 10.1. The summed E-state index contributed by atoms with van der Waals surface area (Å²) in [6, 6.07) is 1.76. The molecular formula is C13H20N2O3. The molecule has 0 aromatic carbocycles. The quantitative estimate of drug-likeness (QED) is 0.813. The van der Waals surface area contributed by atoms with Crippen molar-refractivity contribution in [2.45, 2.75) is 39.2 Å². The third kappa shape index (κ3) is 3.57. The average Bonchev–Trinajstić information content (AvgIpc) is 2.95. The van der Waals surface area contributed by atoms with E-state index in [1.165, 1.54) is 0 Å². The van der Waals surface area contributed by atoms with Gasteiger partial charge < -0.3 is 9.47 Å². The Bertz CT molecular complexity index is 395. The largest absolute Gasteiger partial charge is 0.458 e. The third-order valence-electron chi connectivity index (χ3n) is 2.89. The molecule has 5 nitrogen and oxygen atoms in total. The fraction of sp³-hybridized carbons (Fsp3) is 0.692. The molecule has 0 bridgehead atoms. The summed E-state index contributed by atoms with van der Waals surface area (Å²) in [6.45, 7) is 5.33. The lowest BCUT2D eigenvalue weighted by Gasteiger charge is -2.08. The number of aromatic amines is 1. The summed E-state index contributed by atoms with van der Waals surface area (Å²) in [7, 11) is 0. The molecule has 1 aliphatic rings. The van der Waals surface area contributed by atoms with Crippen LogP contribution in [0.4, 0.5) is 0 Å². The molecule has 2 rings (SSSR count). The van der Waals surface area contributed by atoms with Crippen LogP contribution >= 0.6 is 0 Å². The second-order valence-electron chi connectivity index (χ2n) is 5.11. The van der Waals surface area contributed by atoms with Crippen LogP contribution in [0.3, 0.4) is 0 Å². The van der Waals surface area contributed by atoms with Crippen LogP contribution in [0.5, 0.6) is 0 Å². The van der Waals surface area contributed by atoms with Gasteiger partial charge in [0.2, 0.25) is 0 Å². The number of nitrogens with zero attached hydrogens (tertiary/aromatic N) is 1. The van der Waals surface area contributed by atoms with Crippen molar-refractivity contribution in [3.63, 3.8) is 0 Å². The SMILES string of the molecule is CC(C)Cc1cc(C(=O)OC[C@H]2CCCO2)n[nH]1. The minimum atomic E-state index is -0.378. The van der Waals surface area contributed by atoms with Crippen molar-refractivity contribution in [2.75, 3.05) is 13.2 Å². The number of nitrogens with one attached hydrogen (secondary N) is 1. The first-order valence-electron chi connectivity index (χ1n) is 6.48. The maximum absolute atomic E-state index is 11.7. The minimum absolute atomic E-state index is 0.0584. The zero-order valence-electron chi connectivity index (χ0n) is 10.9. The van der Waals surface area contributed by atoms with Crippen molar-refractivity contribution in [2.24, 2.45) is 5.92 Å². The Kier molecular flexibility index (Phi) is 4.36. The highest BCUT2D eigenvalue weighted by Crippen LogP contribution is 2.13. The molecule has 2 heterocycles. The summed E-state index contributed by atoms with van der Waals surface area (Å²) in [5.41, 5.74) is 1.32. The number of H-pyrrole nitrogens is 1. The first-order valence-corrected chi connectivity index (χ1v) is 6.48. The van der Waals surface area contributed by atoms with Crippen LogP contribution in [-0.2, 0) is 15.9 Å². The number of esters is 1. The number of ether oxygens (including phenoxy) is 2. The number of hydrogen-bond acceptors (Lipinski definition) is 4. The Morgan fingerprint density at radius 3 is 3.17 bits per heavy atom. The molecule has 1 saturated heterocycles. The van der Waals surface area contributed by atoms with E-state index in [-0.39, 0.29) is 12.1 Å². The second kappa shape index (κ2) is 6.00. The average molecular weight is 252 g/mol. The van der Waals surface area contributed by atoms with Crippen LogP contribution in [0.1, 0.15) is 42.9 Å². The Balaban J connectivity index is 1.82. The normalized spacial score (nSPS) is 19.4. The van der Waals surface area contributed by atoms with Gasteiger partial charge in [0.1, 0.15) is 6.61 Å². The molecule has 0 spiro atoms. The maximum atomic E-state index is 11.7. The monoisotopic (exact) mass is 252 g/mol. The fourth-order valence-electron chi connectivity index (χ4n) is 2.03. The van der Waals surface area contributed by atoms with Crippen molar-refractivity contribution in [1.82, 2.24) is 10.2 Å². The van der Waals surface area contributed by atoms with Gasteiger partial charge in [-0.15, -0.1) is 0 Å². The van der Waals surface area contributed by atoms with E-state index in [0.29, 0.717) is 18.2 Å². The lowest BCUT2D eigenvalue weighted by molar-refractivity contribution is 0.0156. The Morgan fingerprint density at radius 1 is 1.67 bits per heavy atom. The molecule has 1 fully saturated rings. The smallest absolute Gasteiger partial charge is 0.358 e. The summed E-state index contributed by atoms with van der Waals surface area (Å²) in [5, 5.41) is 6.84. The topological polar surface area (TPSA) is 64.2 Å². The Hall–Kier alpha value is -1.36. The zero-order valence-corrected chi connectivity index (χ0v) is 10.9. The van der Waals surface area contributed by atoms with Crippen LogP contribution in [-0.4, -0.2) is 35.5 Å². The van der Waals surface area contributed by atoms with Gasteiger partial charge in [0, 0.05) is 12.3 Å². The van der Waals surface area contributed by atoms with Gasteiger partial charge in [-0.2, -0.15) is 5.10 Å². The summed E-state index contributed by atoms with van der Waals surface area (Å²) < 4.78 is 10.6. The van der Waals surface area contributed by atoms with Crippen LogP contribution < -0.4 is 0 Å². The molecule has 1 aliphatic heterocycles. The number of rotatable bonds is 5. The van der Waals surface area contributed by atoms with Crippen molar-refractivity contribution in [3.8, 4) is 0 Å². The predicted molar refractivity (Wildman–Crippen MR) is 66.4 cm³/mol. The van der Waals surface area contributed by atoms with E-state index in [1.54, 1.807) is 6.07 Å². The van der Waals surface area contributed by atoms with Gasteiger partial charge in [0.25, 0.3) is 0 Å². The molecule has 1 N–H and O–H groups in total. The number of carbonyl (C=O) groups excluding carboxylic acids is 1. The van der Waals surface area contributed by atoms with Crippen LogP contribution in [0.2, 0.25) is 0 Å². The van der Waals surface area contributed by atoms with Crippen LogP contribution in [0.15, 0.2) is 6.07 Å². The number of aromatic nitrogens is 2. The van der Waals surface area contributed by atoms with E-state index in [2.05, 4.69) is 24.0 Å². The lowest BCUT2D eigenvalue weighted by Crippen LogP contribution is -2.18. The second-order valence-corrected chi connectivity index (χ2v) is 5.11. The highest BCUT2D eigenvalue weighted by Gasteiger charge is 2.19. The van der Waals surface area contributed by atoms with Crippen molar-refractivity contribution in [3.05, 3.63) is 17.5 Å². The van der Waals surface area contributed by atoms with Crippen LogP contribution in [0.25, 0.3) is 0 Å². The molecule has 0 unspecified atom stereocenters. The van der Waals surface area contributed by atoms with Gasteiger partial charge in [-0.05, 0) is 31.2 Å². The molecule has 1 aromatic rings. The van der Waals surface area contributed by atoms with Gasteiger partial charge in [-0.25, -0.2) is 4.79 Å². The van der Waals surface area contributed by atoms with Crippen molar-refractivity contribution >= 4 is 5.97 Å². The van der Waals surface area contributed by atoms with Gasteiger partial charge in [-0.1, -0.05) is 13.8 Å². The zero-order chi connectivity index (χ0) is 13.0. The van der Waals surface area contributed by atoms with E-state index < -0.39 is 0 Å². The molecule has 0 amide bonds. The summed E-state index contributed by atoms with van der Waals surface area (Å²) in [6.07, 6.45) is 2.95. The summed E-state index contributed by atoms with van der Waals surface area (Å²) in [5.74, 6) is 0.151. The summed E-state index contributed by atoms with van der Waals surface area (Å²) >= 11 is 0. The van der Waals surface area contributed by atoms with Crippen LogP contribution in [0, 0.1) is 5.92 Å². The highest BCUT2D eigenvalue weighted by atomic mass is 16.6.